The van der Waals surface area contributed by atoms with Gasteiger partial charge in [-0.15, -0.1) is 0 Å². The Bertz CT molecular complexity index is 1590. The van der Waals surface area contributed by atoms with Crippen molar-refractivity contribution in [3.63, 3.8) is 0 Å². The van der Waals surface area contributed by atoms with Gasteiger partial charge in [0.05, 0.1) is 11.3 Å². The minimum absolute atomic E-state index is 0.0247. The van der Waals surface area contributed by atoms with Crippen molar-refractivity contribution in [3.05, 3.63) is 99.8 Å². The molecule has 0 atom stereocenters. The lowest BCUT2D eigenvalue weighted by Gasteiger charge is -2.26. The number of hydrogen-bond acceptors (Lipinski definition) is 5. The summed E-state index contributed by atoms with van der Waals surface area (Å²) in [5.74, 6) is 0.324. The molecule has 2 heterocycles. The maximum absolute atomic E-state index is 14.6. The molecule has 0 spiro atoms. The topological polar surface area (TPSA) is 76.8 Å². The second-order valence-electron chi connectivity index (χ2n) is 10.3. The molecule has 1 aliphatic rings. The third kappa shape index (κ3) is 7.14. The van der Waals surface area contributed by atoms with E-state index in [9.17, 15) is 23.1 Å². The number of alkyl halides is 3. The van der Waals surface area contributed by atoms with E-state index >= 15 is 0 Å². The molecule has 0 saturated carbocycles. The Balaban J connectivity index is 1.58. The van der Waals surface area contributed by atoms with Gasteiger partial charge in [-0.05, 0) is 41.8 Å². The van der Waals surface area contributed by atoms with Crippen LogP contribution in [0.4, 0.5) is 13.2 Å². The molecule has 3 aromatic carbocycles. The minimum atomic E-state index is -4.68. The fourth-order valence-electron chi connectivity index (χ4n) is 5.11. The summed E-state index contributed by atoms with van der Waals surface area (Å²) in [5.41, 5.74) is 1.13. The van der Waals surface area contributed by atoms with E-state index < -0.39 is 17.8 Å². The quantitative estimate of drug-likeness (QED) is 0.187. The van der Waals surface area contributed by atoms with Crippen LogP contribution in [-0.4, -0.2) is 38.7 Å². The van der Waals surface area contributed by atoms with E-state index in [4.69, 9.17) is 21.1 Å². The summed E-state index contributed by atoms with van der Waals surface area (Å²) in [7, 11) is 0. The number of imidazole rings is 1. The molecule has 1 N–H and O–H groups in total. The maximum Gasteiger partial charge on any atom is 0.435 e. The molecule has 226 valence electrons. The zero-order valence-corrected chi connectivity index (χ0v) is 24.3. The second kappa shape index (κ2) is 13.1. The van der Waals surface area contributed by atoms with Gasteiger partial charge >= 0.3 is 12.1 Å². The zero-order chi connectivity index (χ0) is 30.6. The third-order valence-corrected chi connectivity index (χ3v) is 7.54. The van der Waals surface area contributed by atoms with Gasteiger partial charge in [0.25, 0.3) is 0 Å². The number of benzene rings is 3. The van der Waals surface area contributed by atoms with Crippen LogP contribution in [0.5, 0.6) is 11.5 Å². The number of rotatable bonds is 11. The standard InChI is InChI=1S/C32H31ClF3N3O4/c1-2-3-13-39-26(29(32(34,35)36)37-30(39)22-7-5-4-6-8-22)20-38(19-24-11-10-23(31(40)41)17-25(24)33)18-21-9-12-27-28(16-21)43-15-14-42-27/h4-12,16-17H,2-3,13-15,18-20H2,1H3,(H,40,41). The molecule has 7 nitrogen and oxygen atoms in total. The highest BCUT2D eigenvalue weighted by molar-refractivity contribution is 6.31. The Kier molecular flexibility index (Phi) is 9.27. The molecular formula is C32H31ClF3N3O4. The highest BCUT2D eigenvalue weighted by Gasteiger charge is 2.39. The third-order valence-electron chi connectivity index (χ3n) is 7.19. The SMILES string of the molecule is CCCCn1c(-c2ccccc2)nc(C(F)(F)F)c1CN(Cc1ccc2c(c1)OCCO2)Cc1ccc(C(=O)O)cc1Cl. The van der Waals surface area contributed by atoms with Crippen molar-refractivity contribution in [2.75, 3.05) is 13.2 Å². The Labute approximate surface area is 252 Å². The van der Waals surface area contributed by atoms with E-state index in [1.165, 1.54) is 12.1 Å². The molecule has 0 bridgehead atoms. The van der Waals surface area contributed by atoms with Crippen LogP contribution in [0.15, 0.2) is 66.7 Å². The van der Waals surface area contributed by atoms with Crippen LogP contribution in [0.1, 0.15) is 52.6 Å². The van der Waals surface area contributed by atoms with Gasteiger partial charge in [0, 0.05) is 36.8 Å². The summed E-state index contributed by atoms with van der Waals surface area (Å²) in [6, 6.07) is 18.7. The molecule has 0 radical (unpaired) electrons. The average molecular weight is 614 g/mol. The molecule has 11 heteroatoms. The number of carbonyl (C=O) groups is 1. The Morgan fingerprint density at radius 2 is 1.74 bits per heavy atom. The van der Waals surface area contributed by atoms with Gasteiger partial charge in [-0.25, -0.2) is 9.78 Å². The molecule has 5 rings (SSSR count). The smallest absolute Gasteiger partial charge is 0.435 e. The molecule has 0 saturated heterocycles. The number of ether oxygens (including phenoxy) is 2. The lowest BCUT2D eigenvalue weighted by atomic mass is 10.1. The molecule has 1 aromatic heterocycles. The van der Waals surface area contributed by atoms with Crippen LogP contribution in [0.2, 0.25) is 5.02 Å². The van der Waals surface area contributed by atoms with Crippen LogP contribution in [0, 0.1) is 0 Å². The van der Waals surface area contributed by atoms with E-state index in [0.29, 0.717) is 48.8 Å². The molecule has 4 aromatic rings. The largest absolute Gasteiger partial charge is 0.486 e. The van der Waals surface area contributed by atoms with Crippen molar-refractivity contribution in [1.82, 2.24) is 14.5 Å². The summed E-state index contributed by atoms with van der Waals surface area (Å²) in [5, 5.41) is 9.58. The fourth-order valence-corrected chi connectivity index (χ4v) is 5.35. The summed E-state index contributed by atoms with van der Waals surface area (Å²) < 4.78 is 56.7. The van der Waals surface area contributed by atoms with Crippen molar-refractivity contribution in [2.45, 2.75) is 52.1 Å². The van der Waals surface area contributed by atoms with Crippen molar-refractivity contribution < 1.29 is 32.5 Å². The molecular weight excluding hydrogens is 583 g/mol. The van der Waals surface area contributed by atoms with E-state index in [-0.39, 0.29) is 41.7 Å². The lowest BCUT2D eigenvalue weighted by molar-refractivity contribution is -0.141. The van der Waals surface area contributed by atoms with Gasteiger partial charge in [0.2, 0.25) is 0 Å². The monoisotopic (exact) mass is 613 g/mol. The van der Waals surface area contributed by atoms with Crippen molar-refractivity contribution >= 4 is 17.6 Å². The summed E-state index contributed by atoms with van der Waals surface area (Å²) in [6.07, 6.45) is -3.22. The highest BCUT2D eigenvalue weighted by Crippen LogP contribution is 2.37. The van der Waals surface area contributed by atoms with Crippen LogP contribution < -0.4 is 9.47 Å². The number of nitrogens with zero attached hydrogens (tertiary/aromatic N) is 3. The van der Waals surface area contributed by atoms with Gasteiger partial charge in [0.1, 0.15) is 19.0 Å². The second-order valence-corrected chi connectivity index (χ2v) is 10.7. The first-order chi connectivity index (χ1) is 20.6. The number of unbranched alkanes of at least 4 members (excludes halogenated alkanes) is 1. The van der Waals surface area contributed by atoms with Crippen molar-refractivity contribution in [2.24, 2.45) is 0 Å². The highest BCUT2D eigenvalue weighted by atomic mass is 35.5. The van der Waals surface area contributed by atoms with Crippen LogP contribution in [0.25, 0.3) is 11.4 Å². The first-order valence-corrected chi connectivity index (χ1v) is 14.4. The lowest BCUT2D eigenvalue weighted by Crippen LogP contribution is -2.26. The van der Waals surface area contributed by atoms with Crippen molar-refractivity contribution in [1.29, 1.82) is 0 Å². The molecule has 0 aliphatic carbocycles. The predicted octanol–water partition coefficient (Wildman–Crippen LogP) is 7.69. The first-order valence-electron chi connectivity index (χ1n) is 14.0. The molecule has 43 heavy (non-hydrogen) atoms. The molecule has 0 fully saturated rings. The van der Waals surface area contributed by atoms with Crippen LogP contribution >= 0.6 is 11.6 Å². The van der Waals surface area contributed by atoms with Crippen molar-refractivity contribution in [3.8, 4) is 22.9 Å². The van der Waals surface area contributed by atoms with E-state index in [1.54, 1.807) is 41.0 Å². The average Bonchev–Trinajstić information content (AvgIpc) is 3.35. The molecule has 1 aliphatic heterocycles. The number of aromatic nitrogens is 2. The van der Waals surface area contributed by atoms with E-state index in [2.05, 4.69) is 4.98 Å². The summed E-state index contributed by atoms with van der Waals surface area (Å²) in [6.45, 7) is 3.51. The fraction of sp³-hybridized carbons (Fsp3) is 0.312. The number of fused-ring (bicyclic) bond motifs is 1. The van der Waals surface area contributed by atoms with Crippen LogP contribution in [0.3, 0.4) is 0 Å². The number of hydrogen-bond donors (Lipinski definition) is 1. The van der Waals surface area contributed by atoms with Crippen LogP contribution in [-0.2, 0) is 32.4 Å². The predicted molar refractivity (Wildman–Crippen MR) is 156 cm³/mol. The van der Waals surface area contributed by atoms with Gasteiger partial charge in [-0.2, -0.15) is 13.2 Å². The van der Waals surface area contributed by atoms with Gasteiger partial charge in [0.15, 0.2) is 17.2 Å². The van der Waals surface area contributed by atoms with Gasteiger partial charge in [-0.3, -0.25) is 4.90 Å². The number of carboxylic acids is 1. The van der Waals surface area contributed by atoms with E-state index in [1.807, 2.05) is 30.0 Å². The number of carboxylic acid groups (broad SMARTS) is 1. The van der Waals surface area contributed by atoms with Gasteiger partial charge in [-0.1, -0.05) is 67.4 Å². The zero-order valence-electron chi connectivity index (χ0n) is 23.5. The molecule has 0 amide bonds. The Morgan fingerprint density at radius 1 is 1.00 bits per heavy atom. The minimum Gasteiger partial charge on any atom is -0.486 e. The number of aromatic carboxylic acids is 1. The Morgan fingerprint density at radius 3 is 2.42 bits per heavy atom. The van der Waals surface area contributed by atoms with E-state index in [0.717, 1.165) is 12.0 Å². The summed E-state index contributed by atoms with van der Waals surface area (Å²) in [4.78, 5) is 17.5. The molecule has 0 unspecified atom stereocenters. The first kappa shape index (κ1) is 30.4. The Hall–Kier alpha value is -4.02. The van der Waals surface area contributed by atoms with Gasteiger partial charge < -0.3 is 19.1 Å². The normalized spacial score (nSPS) is 13.0. The maximum atomic E-state index is 14.6. The summed E-state index contributed by atoms with van der Waals surface area (Å²) >= 11 is 6.48. The number of halogens is 4.